The van der Waals surface area contributed by atoms with Crippen LogP contribution in [0.15, 0.2) is 109 Å². The third-order valence-corrected chi connectivity index (χ3v) is 12.6. The minimum Gasteiger partial charge on any atom is -0.256 e. The van der Waals surface area contributed by atoms with Crippen molar-refractivity contribution in [3.63, 3.8) is 0 Å². The van der Waals surface area contributed by atoms with Gasteiger partial charge < -0.3 is 0 Å². The molecule has 0 N–H and O–H groups in total. The lowest BCUT2D eigenvalue weighted by Crippen LogP contribution is -2.38. The zero-order valence-electron chi connectivity index (χ0n) is 25.3. The molecule has 4 heteroatoms. The number of hydrogen-bond acceptors (Lipinski definition) is 2. The Bertz CT molecular complexity index is 1960. The van der Waals surface area contributed by atoms with E-state index in [9.17, 15) is 0 Å². The average Bonchev–Trinajstić information content (AvgIpc) is 2.98. The fraction of sp³-hybridized carbons (Fsp3) is 0.158. The maximum absolute atomic E-state index is 5.26. The van der Waals surface area contributed by atoms with Crippen molar-refractivity contribution in [2.45, 2.75) is 39.3 Å². The number of pyridine rings is 2. The largest absolute Gasteiger partial charge is 0.256 e. The summed E-state index contributed by atoms with van der Waals surface area (Å²) in [6.07, 6.45) is 4.32. The van der Waals surface area contributed by atoms with Crippen molar-refractivity contribution in [1.82, 2.24) is 9.97 Å². The van der Waals surface area contributed by atoms with E-state index in [2.05, 4.69) is 149 Å². The molecule has 0 saturated heterocycles. The quantitative estimate of drug-likeness (QED) is 0.154. The van der Waals surface area contributed by atoms with Crippen molar-refractivity contribution in [2.24, 2.45) is 0 Å². The van der Waals surface area contributed by atoms with E-state index in [0.717, 1.165) is 11.4 Å². The van der Waals surface area contributed by atoms with Crippen LogP contribution in [0.1, 0.15) is 0 Å². The van der Waals surface area contributed by atoms with Crippen LogP contribution in [-0.2, 0) is 0 Å². The molecule has 0 bridgehead atoms. The molecule has 206 valence electrons. The van der Waals surface area contributed by atoms with Crippen molar-refractivity contribution >= 4 is 69.6 Å². The number of fused-ring (bicyclic) bond motifs is 4. The van der Waals surface area contributed by atoms with Crippen LogP contribution < -0.4 is 10.4 Å². The van der Waals surface area contributed by atoms with Gasteiger partial charge in [-0.15, -0.1) is 0 Å². The molecule has 0 radical (unpaired) electrons. The van der Waals surface area contributed by atoms with E-state index in [1.54, 1.807) is 0 Å². The molecule has 7 aromatic rings. The van der Waals surface area contributed by atoms with Gasteiger partial charge in [-0.05, 0) is 42.7 Å². The van der Waals surface area contributed by atoms with Gasteiger partial charge in [-0.2, -0.15) is 0 Å². The van der Waals surface area contributed by atoms with Crippen molar-refractivity contribution in [3.05, 3.63) is 109 Å². The van der Waals surface area contributed by atoms with E-state index in [0.29, 0.717) is 0 Å². The normalized spacial score (nSPS) is 12.5. The molecule has 42 heavy (non-hydrogen) atoms. The first-order valence-corrected chi connectivity index (χ1v) is 21.9. The molecule has 7 rings (SSSR count). The fourth-order valence-corrected chi connectivity index (χ4v) is 9.57. The maximum atomic E-state index is 5.26. The molecule has 2 heterocycles. The lowest BCUT2D eigenvalue weighted by atomic mass is 9.87. The van der Waals surface area contributed by atoms with Crippen molar-refractivity contribution < 1.29 is 0 Å². The van der Waals surface area contributed by atoms with Crippen molar-refractivity contribution in [3.8, 4) is 22.5 Å². The highest BCUT2D eigenvalue weighted by molar-refractivity contribution is 6.90. The highest BCUT2D eigenvalue weighted by atomic mass is 28.3. The molecule has 0 saturated carbocycles. The molecule has 0 aliphatic rings. The number of rotatable bonds is 4. The van der Waals surface area contributed by atoms with E-state index < -0.39 is 16.1 Å². The third-order valence-electron chi connectivity index (χ3n) is 8.61. The summed E-state index contributed by atoms with van der Waals surface area (Å²) < 4.78 is 0. The van der Waals surface area contributed by atoms with Crippen LogP contribution in [0, 0.1) is 0 Å². The van der Waals surface area contributed by atoms with Gasteiger partial charge in [-0.3, -0.25) is 9.97 Å². The first-order valence-electron chi connectivity index (χ1n) is 14.9. The highest BCUT2D eigenvalue weighted by Crippen LogP contribution is 2.45. The van der Waals surface area contributed by atoms with Gasteiger partial charge in [0.2, 0.25) is 0 Å². The standard InChI is InChI=1S/C38H36N2Si2/c1-41(2,3)33-23-39-37(31-21-13-7-15-25(31)33)35-27-17-9-11-19-29(27)36(30-20-12-10-18-28(30)35)38-32-22-14-8-16-26(32)34(24-40-38)42(4,5)6/h7-24H,1-6H3. The Morgan fingerprint density at radius 1 is 0.357 bits per heavy atom. The number of hydrogen-bond donors (Lipinski definition) is 0. The molecule has 0 atom stereocenters. The molecule has 0 amide bonds. The molecule has 2 nitrogen and oxygen atoms in total. The lowest BCUT2D eigenvalue weighted by Gasteiger charge is -2.23. The Kier molecular flexibility index (Phi) is 6.19. The molecular formula is C38H36N2Si2. The molecule has 0 aliphatic carbocycles. The Morgan fingerprint density at radius 3 is 0.905 bits per heavy atom. The van der Waals surface area contributed by atoms with E-state index in [1.165, 1.54) is 64.6 Å². The summed E-state index contributed by atoms with van der Waals surface area (Å²) >= 11 is 0. The van der Waals surface area contributed by atoms with Crippen LogP contribution in [-0.4, -0.2) is 26.1 Å². The molecule has 2 aromatic heterocycles. The number of aromatic nitrogens is 2. The van der Waals surface area contributed by atoms with E-state index >= 15 is 0 Å². The molecule has 0 aliphatic heterocycles. The van der Waals surface area contributed by atoms with E-state index in [-0.39, 0.29) is 0 Å². The summed E-state index contributed by atoms with van der Waals surface area (Å²) in [5.41, 5.74) is 4.51. The predicted octanol–water partition coefficient (Wildman–Crippen LogP) is 9.51. The summed E-state index contributed by atoms with van der Waals surface area (Å²) in [5.74, 6) is 0. The molecule has 0 spiro atoms. The van der Waals surface area contributed by atoms with E-state index in [1.807, 2.05) is 0 Å². The number of benzene rings is 5. The summed E-state index contributed by atoms with van der Waals surface area (Å²) in [5, 5.41) is 12.8. The maximum Gasteiger partial charge on any atom is 0.0804 e. The summed E-state index contributed by atoms with van der Waals surface area (Å²) in [7, 11) is -3.19. The van der Waals surface area contributed by atoms with E-state index in [4.69, 9.17) is 9.97 Å². The molecule has 5 aromatic carbocycles. The van der Waals surface area contributed by atoms with Gasteiger partial charge >= 0.3 is 0 Å². The molecule has 0 unspecified atom stereocenters. The zero-order valence-corrected chi connectivity index (χ0v) is 27.3. The smallest absolute Gasteiger partial charge is 0.0804 e. The van der Waals surface area contributed by atoms with Crippen LogP contribution in [0.5, 0.6) is 0 Å². The van der Waals surface area contributed by atoms with Gasteiger partial charge in [0.05, 0.1) is 27.5 Å². The fourth-order valence-electron chi connectivity index (χ4n) is 6.62. The summed E-state index contributed by atoms with van der Waals surface area (Å²) in [6.45, 7) is 14.4. The first kappa shape index (κ1) is 26.8. The lowest BCUT2D eigenvalue weighted by molar-refractivity contribution is 1.37. The van der Waals surface area contributed by atoms with Crippen LogP contribution in [0.25, 0.3) is 65.6 Å². The minimum atomic E-state index is -1.59. The second-order valence-electron chi connectivity index (χ2n) is 13.5. The Balaban J connectivity index is 1.63. The predicted molar refractivity (Wildman–Crippen MR) is 189 cm³/mol. The second-order valence-corrected chi connectivity index (χ2v) is 23.6. The van der Waals surface area contributed by atoms with Gasteiger partial charge in [0.15, 0.2) is 0 Å². The van der Waals surface area contributed by atoms with Gasteiger partial charge in [0.1, 0.15) is 0 Å². The first-order chi connectivity index (χ1) is 20.1. The summed E-state index contributed by atoms with van der Waals surface area (Å²) in [6, 6.07) is 35.4. The molecular weight excluding hydrogens is 541 g/mol. The second kappa shape index (κ2) is 9.72. The van der Waals surface area contributed by atoms with Crippen LogP contribution in [0.3, 0.4) is 0 Å². The van der Waals surface area contributed by atoms with Crippen LogP contribution in [0.2, 0.25) is 39.3 Å². The van der Waals surface area contributed by atoms with Gasteiger partial charge in [0.25, 0.3) is 0 Å². The van der Waals surface area contributed by atoms with Crippen molar-refractivity contribution in [2.75, 3.05) is 0 Å². The third kappa shape index (κ3) is 4.20. The Morgan fingerprint density at radius 2 is 0.619 bits per heavy atom. The van der Waals surface area contributed by atoms with Gasteiger partial charge in [0, 0.05) is 34.3 Å². The highest BCUT2D eigenvalue weighted by Gasteiger charge is 2.26. The average molecular weight is 577 g/mol. The van der Waals surface area contributed by atoms with Crippen LogP contribution >= 0.6 is 0 Å². The van der Waals surface area contributed by atoms with Gasteiger partial charge in [-0.25, -0.2) is 0 Å². The topological polar surface area (TPSA) is 25.8 Å². The van der Waals surface area contributed by atoms with Gasteiger partial charge in [-0.1, -0.05) is 136 Å². The SMILES string of the molecule is C[Si](C)(C)c1cnc(-c2c3ccccc3c(-c3ncc([Si](C)(C)C)c4ccccc34)c3ccccc23)c2ccccc12. The number of nitrogens with zero attached hydrogens (tertiary/aromatic N) is 2. The Hall–Kier alpha value is -4.13. The monoisotopic (exact) mass is 576 g/mol. The molecule has 0 fully saturated rings. The van der Waals surface area contributed by atoms with Crippen molar-refractivity contribution in [1.29, 1.82) is 0 Å². The van der Waals surface area contributed by atoms with Crippen LogP contribution in [0.4, 0.5) is 0 Å². The summed E-state index contributed by atoms with van der Waals surface area (Å²) in [4.78, 5) is 10.5. The minimum absolute atomic E-state index is 1.05. The Labute approximate surface area is 250 Å². The zero-order chi connectivity index (χ0) is 29.2.